The van der Waals surface area contributed by atoms with Crippen LogP contribution >= 0.6 is 11.6 Å². The Bertz CT molecular complexity index is 490. The first-order valence-corrected chi connectivity index (χ1v) is 4.48. The van der Waals surface area contributed by atoms with Gasteiger partial charge < -0.3 is 9.14 Å². The Balaban J connectivity index is 2.46. The van der Waals surface area contributed by atoms with Crippen molar-refractivity contribution < 1.29 is 9.53 Å². The van der Waals surface area contributed by atoms with Crippen LogP contribution in [0.15, 0.2) is 30.6 Å². The van der Waals surface area contributed by atoms with Gasteiger partial charge in [0.15, 0.2) is 0 Å². The number of ether oxygens (including phenoxy) is 1. The molecular formula is C10H8ClNO2. The zero-order chi connectivity index (χ0) is 10.1. The number of rotatable bonds is 1. The molecule has 0 radical (unpaired) electrons. The van der Waals surface area contributed by atoms with Gasteiger partial charge in [-0.2, -0.15) is 0 Å². The van der Waals surface area contributed by atoms with E-state index in [4.69, 9.17) is 16.3 Å². The van der Waals surface area contributed by atoms with Crippen molar-refractivity contribution in [3.8, 4) is 5.75 Å². The van der Waals surface area contributed by atoms with E-state index >= 15 is 0 Å². The summed E-state index contributed by atoms with van der Waals surface area (Å²) in [5, 5.41) is 0.657. The molecule has 3 nitrogen and oxygen atoms in total. The summed E-state index contributed by atoms with van der Waals surface area (Å²) in [5.74, 6) is 0.201. The lowest BCUT2D eigenvalue weighted by atomic mass is 10.4. The summed E-state index contributed by atoms with van der Waals surface area (Å²) in [6.07, 6.45) is 3.54. The van der Waals surface area contributed by atoms with Crippen LogP contribution in [0.3, 0.4) is 0 Å². The number of halogens is 1. The van der Waals surface area contributed by atoms with Crippen LogP contribution in [0.4, 0.5) is 0 Å². The maximum Gasteiger partial charge on any atom is 0.308 e. The van der Waals surface area contributed by atoms with E-state index in [0.29, 0.717) is 10.8 Å². The molecule has 0 fully saturated rings. The third kappa shape index (κ3) is 1.72. The molecule has 0 unspecified atom stereocenters. The maximum atomic E-state index is 10.7. The number of pyridine rings is 1. The van der Waals surface area contributed by atoms with Crippen molar-refractivity contribution in [3.63, 3.8) is 0 Å². The molecule has 0 amide bonds. The zero-order valence-electron chi connectivity index (χ0n) is 7.53. The van der Waals surface area contributed by atoms with Crippen molar-refractivity contribution in [1.82, 2.24) is 4.40 Å². The number of carbonyl (C=O) groups is 1. The van der Waals surface area contributed by atoms with Gasteiger partial charge in [-0.3, -0.25) is 4.79 Å². The Morgan fingerprint density at radius 3 is 3.00 bits per heavy atom. The van der Waals surface area contributed by atoms with Gasteiger partial charge in [-0.05, 0) is 12.1 Å². The first-order chi connectivity index (χ1) is 6.65. The second-order valence-electron chi connectivity index (χ2n) is 2.95. The minimum atomic E-state index is -0.327. The van der Waals surface area contributed by atoms with Gasteiger partial charge in [0.05, 0.1) is 11.7 Å². The normalized spacial score (nSPS) is 10.4. The Morgan fingerprint density at radius 1 is 1.50 bits per heavy atom. The first-order valence-electron chi connectivity index (χ1n) is 4.11. The van der Waals surface area contributed by atoms with Crippen molar-refractivity contribution in [2.24, 2.45) is 0 Å². The summed E-state index contributed by atoms with van der Waals surface area (Å²) in [6, 6.07) is 5.33. The van der Waals surface area contributed by atoms with E-state index in [-0.39, 0.29) is 5.97 Å². The van der Waals surface area contributed by atoms with Crippen molar-refractivity contribution in [1.29, 1.82) is 0 Å². The fourth-order valence-corrected chi connectivity index (χ4v) is 1.45. The fraction of sp³-hybridized carbons (Fsp3) is 0.100. The average molecular weight is 210 g/mol. The monoisotopic (exact) mass is 209 g/mol. The summed E-state index contributed by atoms with van der Waals surface area (Å²) in [6.45, 7) is 1.37. The summed E-state index contributed by atoms with van der Waals surface area (Å²) in [4.78, 5) is 10.7. The number of nitrogens with zero attached hydrogens (tertiary/aromatic N) is 1. The summed E-state index contributed by atoms with van der Waals surface area (Å²) >= 11 is 5.81. The molecule has 0 spiro atoms. The van der Waals surface area contributed by atoms with Gasteiger partial charge in [0.1, 0.15) is 5.75 Å². The van der Waals surface area contributed by atoms with Gasteiger partial charge >= 0.3 is 5.97 Å². The fourth-order valence-electron chi connectivity index (χ4n) is 1.28. The van der Waals surface area contributed by atoms with E-state index in [1.54, 1.807) is 24.4 Å². The first kappa shape index (κ1) is 9.09. The van der Waals surface area contributed by atoms with E-state index in [1.165, 1.54) is 6.92 Å². The van der Waals surface area contributed by atoms with E-state index < -0.39 is 0 Å². The quantitative estimate of drug-likeness (QED) is 0.676. The number of carbonyl (C=O) groups excluding carboxylic acids is 1. The molecule has 4 heteroatoms. The molecule has 72 valence electrons. The lowest BCUT2D eigenvalue weighted by Crippen LogP contribution is -1.99. The number of hydrogen-bond donors (Lipinski definition) is 0. The van der Waals surface area contributed by atoms with Gasteiger partial charge in [-0.25, -0.2) is 0 Å². The van der Waals surface area contributed by atoms with E-state index in [9.17, 15) is 4.79 Å². The molecule has 0 saturated carbocycles. The predicted octanol–water partition coefficient (Wildman–Crippen LogP) is 2.52. The molecule has 2 rings (SSSR count). The maximum absolute atomic E-state index is 10.7. The van der Waals surface area contributed by atoms with Crippen molar-refractivity contribution in [2.45, 2.75) is 6.92 Å². The molecule has 0 N–H and O–H groups in total. The Hall–Kier alpha value is -1.48. The smallest absolute Gasteiger partial charge is 0.308 e. The SMILES string of the molecule is CC(=O)Oc1cc2cc(Cl)ccn2c1. The van der Waals surface area contributed by atoms with Crippen LogP contribution in [0.25, 0.3) is 5.52 Å². The lowest BCUT2D eigenvalue weighted by Gasteiger charge is -1.93. The highest BCUT2D eigenvalue weighted by molar-refractivity contribution is 6.30. The highest BCUT2D eigenvalue weighted by Gasteiger charge is 2.02. The van der Waals surface area contributed by atoms with Crippen LogP contribution in [0.2, 0.25) is 5.02 Å². The number of esters is 1. The van der Waals surface area contributed by atoms with Crippen LogP contribution < -0.4 is 4.74 Å². The van der Waals surface area contributed by atoms with Crippen molar-refractivity contribution in [3.05, 3.63) is 35.6 Å². The molecule has 0 aliphatic heterocycles. The van der Waals surface area contributed by atoms with Crippen LogP contribution in [0.1, 0.15) is 6.92 Å². The van der Waals surface area contributed by atoms with Gasteiger partial charge in [0, 0.05) is 24.2 Å². The van der Waals surface area contributed by atoms with Crippen LogP contribution in [-0.4, -0.2) is 10.4 Å². The molecule has 2 heterocycles. The zero-order valence-corrected chi connectivity index (χ0v) is 8.28. The number of hydrogen-bond acceptors (Lipinski definition) is 2. The minimum Gasteiger partial charge on any atom is -0.425 e. The second-order valence-corrected chi connectivity index (χ2v) is 3.38. The van der Waals surface area contributed by atoms with E-state index in [1.807, 2.05) is 10.6 Å². The minimum absolute atomic E-state index is 0.327. The van der Waals surface area contributed by atoms with Gasteiger partial charge in [0.25, 0.3) is 0 Å². The van der Waals surface area contributed by atoms with Crippen LogP contribution in [0.5, 0.6) is 5.75 Å². The summed E-state index contributed by atoms with van der Waals surface area (Å²) in [7, 11) is 0. The van der Waals surface area contributed by atoms with Crippen LogP contribution in [-0.2, 0) is 4.79 Å². The highest BCUT2D eigenvalue weighted by atomic mass is 35.5. The topological polar surface area (TPSA) is 30.7 Å². The molecule has 0 aliphatic carbocycles. The molecule has 0 bridgehead atoms. The summed E-state index contributed by atoms with van der Waals surface area (Å²) in [5.41, 5.74) is 0.897. The molecular weight excluding hydrogens is 202 g/mol. The number of aromatic nitrogens is 1. The molecule has 0 aliphatic rings. The predicted molar refractivity (Wildman–Crippen MR) is 53.7 cm³/mol. The molecule has 0 aromatic carbocycles. The van der Waals surface area contributed by atoms with Crippen molar-refractivity contribution in [2.75, 3.05) is 0 Å². The molecule has 0 saturated heterocycles. The Morgan fingerprint density at radius 2 is 2.29 bits per heavy atom. The van der Waals surface area contributed by atoms with E-state index in [0.717, 1.165) is 5.52 Å². The van der Waals surface area contributed by atoms with Crippen LogP contribution in [0, 0.1) is 0 Å². The highest BCUT2D eigenvalue weighted by Crippen LogP contribution is 2.20. The second kappa shape index (κ2) is 3.35. The molecule has 2 aromatic rings. The average Bonchev–Trinajstić information content (AvgIpc) is 2.44. The lowest BCUT2D eigenvalue weighted by molar-refractivity contribution is -0.131. The van der Waals surface area contributed by atoms with Gasteiger partial charge in [-0.15, -0.1) is 0 Å². The Labute approximate surface area is 85.9 Å². The summed E-state index contributed by atoms with van der Waals surface area (Å²) < 4.78 is 6.77. The Kier molecular flexibility index (Phi) is 2.17. The third-order valence-electron chi connectivity index (χ3n) is 1.80. The van der Waals surface area contributed by atoms with Gasteiger partial charge in [0.2, 0.25) is 0 Å². The molecule has 0 atom stereocenters. The molecule has 14 heavy (non-hydrogen) atoms. The van der Waals surface area contributed by atoms with Crippen molar-refractivity contribution >= 4 is 23.1 Å². The number of fused-ring (bicyclic) bond motifs is 1. The largest absolute Gasteiger partial charge is 0.425 e. The standard InChI is InChI=1S/C10H8ClNO2/c1-7(13)14-10-5-9-4-8(11)2-3-12(9)6-10/h2-6H,1H3. The van der Waals surface area contributed by atoms with E-state index in [2.05, 4.69) is 0 Å². The molecule has 2 aromatic heterocycles. The third-order valence-corrected chi connectivity index (χ3v) is 2.03. The van der Waals surface area contributed by atoms with Gasteiger partial charge in [-0.1, -0.05) is 11.6 Å².